The van der Waals surface area contributed by atoms with Crippen LogP contribution in [-0.2, 0) is 21.0 Å². The van der Waals surface area contributed by atoms with Gasteiger partial charge in [-0.05, 0) is 36.4 Å². The third-order valence-electron chi connectivity index (χ3n) is 3.72. The molecule has 0 spiro atoms. The first kappa shape index (κ1) is 23.9. The van der Waals surface area contributed by atoms with E-state index in [0.29, 0.717) is 6.07 Å². The molecule has 30 heavy (non-hydrogen) atoms. The van der Waals surface area contributed by atoms with E-state index in [4.69, 9.17) is 28.9 Å². The Morgan fingerprint density at radius 2 is 1.70 bits per heavy atom. The molecule has 0 fully saturated rings. The second kappa shape index (κ2) is 9.21. The number of nitrogens with one attached hydrogen (secondary N) is 2. The third kappa shape index (κ3) is 6.08. The number of rotatable bonds is 7. The second-order valence-corrected chi connectivity index (χ2v) is 8.48. The van der Waals surface area contributed by atoms with Crippen LogP contribution in [0.15, 0.2) is 41.3 Å². The summed E-state index contributed by atoms with van der Waals surface area (Å²) in [5, 5.41) is 1.82. The Bertz CT molecular complexity index is 1090. The van der Waals surface area contributed by atoms with Gasteiger partial charge in [0.25, 0.3) is 0 Å². The molecule has 2 amide bonds. The SMILES string of the molecule is NC(=O)c1ccc(NC(=O)CCNS(=O)(=O)c2ccc(Cl)c(C(F)(F)F)c2)cc1Cl. The summed E-state index contributed by atoms with van der Waals surface area (Å²) in [4.78, 5) is 22.4. The number of hydrogen-bond acceptors (Lipinski definition) is 4. The number of anilines is 1. The largest absolute Gasteiger partial charge is 0.417 e. The van der Waals surface area contributed by atoms with Gasteiger partial charge in [0.2, 0.25) is 21.8 Å². The highest BCUT2D eigenvalue weighted by Gasteiger charge is 2.34. The maximum Gasteiger partial charge on any atom is 0.417 e. The Balaban J connectivity index is 2.00. The van der Waals surface area contributed by atoms with Crippen molar-refractivity contribution in [2.24, 2.45) is 5.73 Å². The van der Waals surface area contributed by atoms with Crippen molar-refractivity contribution in [3.63, 3.8) is 0 Å². The summed E-state index contributed by atoms with van der Waals surface area (Å²) in [6.07, 6.45) is -5.15. The van der Waals surface area contributed by atoms with Crippen molar-refractivity contribution >= 4 is 50.7 Å². The van der Waals surface area contributed by atoms with Crippen LogP contribution >= 0.6 is 23.2 Å². The number of nitrogens with two attached hydrogens (primary N) is 1. The van der Waals surface area contributed by atoms with Gasteiger partial charge >= 0.3 is 6.18 Å². The number of primary amides is 1. The Morgan fingerprint density at radius 1 is 1.03 bits per heavy atom. The minimum absolute atomic E-state index is 0.0178. The average Bonchev–Trinajstić information content (AvgIpc) is 2.60. The molecule has 0 radical (unpaired) electrons. The fraction of sp³-hybridized carbons (Fsp3) is 0.176. The molecule has 7 nitrogen and oxygen atoms in total. The highest BCUT2D eigenvalue weighted by molar-refractivity contribution is 7.89. The molecule has 0 saturated heterocycles. The van der Waals surface area contributed by atoms with Crippen molar-refractivity contribution in [3.05, 3.63) is 57.6 Å². The molecule has 0 heterocycles. The molecular formula is C17H14Cl2F3N3O4S. The van der Waals surface area contributed by atoms with Crippen LogP contribution in [0.2, 0.25) is 10.0 Å². The molecule has 162 valence electrons. The number of amides is 2. The number of halogens is 5. The maximum atomic E-state index is 12.9. The van der Waals surface area contributed by atoms with Gasteiger partial charge in [-0.2, -0.15) is 13.2 Å². The molecule has 0 aliphatic rings. The monoisotopic (exact) mass is 483 g/mol. The average molecular weight is 484 g/mol. The number of alkyl halides is 3. The lowest BCUT2D eigenvalue weighted by Gasteiger charge is -2.12. The summed E-state index contributed by atoms with van der Waals surface area (Å²) in [6.45, 7) is -0.384. The van der Waals surface area contributed by atoms with E-state index in [1.807, 2.05) is 4.72 Å². The quantitative estimate of drug-likeness (QED) is 0.558. The first-order valence-corrected chi connectivity index (χ1v) is 10.3. The molecule has 4 N–H and O–H groups in total. The van der Waals surface area contributed by atoms with Crippen LogP contribution in [0.25, 0.3) is 0 Å². The second-order valence-electron chi connectivity index (χ2n) is 5.89. The van der Waals surface area contributed by atoms with Gasteiger partial charge in [0.1, 0.15) is 0 Å². The van der Waals surface area contributed by atoms with Gasteiger partial charge in [-0.3, -0.25) is 9.59 Å². The van der Waals surface area contributed by atoms with Crippen molar-refractivity contribution in [3.8, 4) is 0 Å². The molecule has 2 rings (SSSR count). The highest BCUT2D eigenvalue weighted by Crippen LogP contribution is 2.35. The summed E-state index contributed by atoms with van der Waals surface area (Å²) in [5.41, 5.74) is 4.13. The molecule has 13 heteroatoms. The van der Waals surface area contributed by atoms with Gasteiger partial charge in [0.15, 0.2) is 0 Å². The Kier molecular flexibility index (Phi) is 7.35. The number of benzene rings is 2. The van der Waals surface area contributed by atoms with E-state index in [-0.39, 0.29) is 29.2 Å². The third-order valence-corrected chi connectivity index (χ3v) is 5.82. The molecule has 0 unspecified atom stereocenters. The van der Waals surface area contributed by atoms with Crippen molar-refractivity contribution < 1.29 is 31.2 Å². The zero-order valence-electron chi connectivity index (χ0n) is 14.9. The molecule has 0 saturated carbocycles. The van der Waals surface area contributed by atoms with E-state index in [0.717, 1.165) is 12.1 Å². The van der Waals surface area contributed by atoms with Gasteiger partial charge in [0, 0.05) is 18.7 Å². The van der Waals surface area contributed by atoms with Crippen molar-refractivity contribution in [1.29, 1.82) is 0 Å². The lowest BCUT2D eigenvalue weighted by molar-refractivity contribution is -0.137. The van der Waals surface area contributed by atoms with Crippen LogP contribution in [0.4, 0.5) is 18.9 Å². The minimum atomic E-state index is -4.83. The van der Waals surface area contributed by atoms with Crippen LogP contribution in [0.1, 0.15) is 22.3 Å². The predicted octanol–water partition coefficient (Wildman–Crippen LogP) is 3.42. The van der Waals surface area contributed by atoms with Gasteiger partial charge < -0.3 is 11.1 Å². The van der Waals surface area contributed by atoms with E-state index < -0.39 is 43.5 Å². The Hall–Kier alpha value is -2.34. The molecule has 2 aromatic rings. The number of carbonyl (C=O) groups is 2. The van der Waals surface area contributed by atoms with E-state index in [2.05, 4.69) is 5.32 Å². The molecular weight excluding hydrogens is 470 g/mol. The molecule has 0 bridgehead atoms. The Labute approximate surface area is 179 Å². The Morgan fingerprint density at radius 3 is 2.27 bits per heavy atom. The topological polar surface area (TPSA) is 118 Å². The van der Waals surface area contributed by atoms with Crippen molar-refractivity contribution in [1.82, 2.24) is 4.72 Å². The fourth-order valence-corrected chi connectivity index (χ4v) is 3.84. The first-order chi connectivity index (χ1) is 13.8. The molecule has 0 aromatic heterocycles. The summed E-state index contributed by atoms with van der Waals surface area (Å²) < 4.78 is 65.1. The van der Waals surface area contributed by atoms with E-state index >= 15 is 0 Å². The zero-order chi connectivity index (χ0) is 22.7. The minimum Gasteiger partial charge on any atom is -0.366 e. The highest BCUT2D eigenvalue weighted by atomic mass is 35.5. The molecule has 0 atom stereocenters. The van der Waals surface area contributed by atoms with E-state index in [9.17, 15) is 31.2 Å². The zero-order valence-corrected chi connectivity index (χ0v) is 17.2. The predicted molar refractivity (Wildman–Crippen MR) is 105 cm³/mol. The maximum absolute atomic E-state index is 12.9. The van der Waals surface area contributed by atoms with E-state index in [1.54, 1.807) is 0 Å². The number of hydrogen-bond donors (Lipinski definition) is 3. The summed E-state index contributed by atoms with van der Waals surface area (Å²) in [7, 11) is -4.31. The normalized spacial score (nSPS) is 11.9. The summed E-state index contributed by atoms with van der Waals surface area (Å²) in [5.74, 6) is -1.35. The lowest BCUT2D eigenvalue weighted by Crippen LogP contribution is -2.28. The molecule has 0 aliphatic heterocycles. The molecule has 2 aromatic carbocycles. The van der Waals surface area contributed by atoms with Gasteiger partial charge in [-0.1, -0.05) is 23.2 Å². The summed E-state index contributed by atoms with van der Waals surface area (Å²) in [6, 6.07) is 6.12. The lowest BCUT2D eigenvalue weighted by atomic mass is 10.2. The number of carbonyl (C=O) groups excluding carboxylic acids is 2. The molecule has 0 aliphatic carbocycles. The van der Waals surface area contributed by atoms with E-state index in [1.165, 1.54) is 18.2 Å². The van der Waals surface area contributed by atoms with Crippen molar-refractivity contribution in [2.45, 2.75) is 17.5 Å². The smallest absolute Gasteiger partial charge is 0.366 e. The standard InChI is InChI=1S/C17H14Cl2F3N3O4S/c18-13-4-2-10(8-12(13)17(20,21)22)30(28,29)24-6-5-15(26)25-9-1-3-11(16(23)27)14(19)7-9/h1-4,7-8,24H,5-6H2,(H2,23,27)(H,25,26). The fourth-order valence-electron chi connectivity index (χ4n) is 2.29. The van der Waals surface area contributed by atoms with Gasteiger partial charge in [-0.15, -0.1) is 0 Å². The van der Waals surface area contributed by atoms with Crippen molar-refractivity contribution in [2.75, 3.05) is 11.9 Å². The van der Waals surface area contributed by atoms with Crippen LogP contribution in [0.3, 0.4) is 0 Å². The first-order valence-electron chi connectivity index (χ1n) is 8.07. The summed E-state index contributed by atoms with van der Waals surface area (Å²) >= 11 is 11.3. The van der Waals surface area contributed by atoms with Crippen LogP contribution in [0.5, 0.6) is 0 Å². The van der Waals surface area contributed by atoms with Crippen LogP contribution < -0.4 is 15.8 Å². The van der Waals surface area contributed by atoms with Gasteiger partial charge in [0.05, 0.1) is 26.1 Å². The van der Waals surface area contributed by atoms with Crippen LogP contribution in [0, 0.1) is 0 Å². The van der Waals surface area contributed by atoms with Crippen LogP contribution in [-0.4, -0.2) is 26.8 Å². The van der Waals surface area contributed by atoms with Gasteiger partial charge in [-0.25, -0.2) is 13.1 Å². The number of sulfonamides is 1.